The first-order chi connectivity index (χ1) is 37.2. The maximum absolute atomic E-state index is 3.48. The van der Waals surface area contributed by atoms with Crippen LogP contribution in [-0.2, 0) is 0 Å². The molecular formula is C76H140. The fourth-order valence-corrected chi connectivity index (χ4v) is 7.60. The van der Waals surface area contributed by atoms with Crippen LogP contribution in [-0.4, -0.2) is 0 Å². The van der Waals surface area contributed by atoms with Crippen molar-refractivity contribution in [2.24, 2.45) is 23.7 Å². The van der Waals surface area contributed by atoms with Crippen LogP contribution in [0.3, 0.4) is 0 Å². The van der Waals surface area contributed by atoms with Crippen LogP contribution in [0, 0.1) is 23.7 Å². The molecule has 0 spiro atoms. The second-order valence-corrected chi connectivity index (χ2v) is 20.9. The molecule has 4 bridgehead atoms. The molecule has 0 heterocycles. The van der Waals surface area contributed by atoms with Gasteiger partial charge in [-0.15, -0.1) is 52.6 Å². The molecule has 10 aliphatic carbocycles. The van der Waals surface area contributed by atoms with Gasteiger partial charge in [-0.2, -0.15) is 0 Å². The van der Waals surface area contributed by atoms with Gasteiger partial charge in [-0.1, -0.05) is 275 Å². The first-order valence-corrected chi connectivity index (χ1v) is 32.7. The summed E-state index contributed by atoms with van der Waals surface area (Å²) in [6.45, 7) is 44.3. The molecule has 0 aliphatic heterocycles. The Hall–Kier alpha value is -3.12. The van der Waals surface area contributed by atoms with Crippen molar-refractivity contribution in [2.75, 3.05) is 0 Å². The van der Waals surface area contributed by atoms with Gasteiger partial charge in [0.05, 0.1) is 0 Å². The van der Waals surface area contributed by atoms with Crippen molar-refractivity contribution in [3.05, 3.63) is 150 Å². The summed E-state index contributed by atoms with van der Waals surface area (Å²) >= 11 is 0. The van der Waals surface area contributed by atoms with Gasteiger partial charge in [-0.3, -0.25) is 0 Å². The summed E-state index contributed by atoms with van der Waals surface area (Å²) in [5.41, 5.74) is 0. The average Bonchev–Trinajstić information content (AvgIpc) is 4.35. The van der Waals surface area contributed by atoms with Crippen LogP contribution in [0.15, 0.2) is 150 Å². The Morgan fingerprint density at radius 1 is 0.250 bits per heavy atom. The van der Waals surface area contributed by atoms with Gasteiger partial charge in [0.25, 0.3) is 0 Å². The third kappa shape index (κ3) is 87.5. The second kappa shape index (κ2) is 85.8. The van der Waals surface area contributed by atoms with Gasteiger partial charge in [0.1, 0.15) is 0 Å². The molecule has 0 radical (unpaired) electrons. The molecule has 0 aromatic rings. The molecule has 6 saturated carbocycles. The molecule has 0 aromatic heterocycles. The van der Waals surface area contributed by atoms with Crippen molar-refractivity contribution >= 4 is 0 Å². The van der Waals surface area contributed by atoms with Gasteiger partial charge in [0.2, 0.25) is 0 Å². The van der Waals surface area contributed by atoms with Crippen molar-refractivity contribution in [1.82, 2.24) is 0 Å². The Labute approximate surface area is 483 Å². The SMILES string of the molecule is C1=CC2CCC1C2.C1=CCC1.C1=CCCC1.C1=CCCCC1.C1CC2CCC1C2.C1CCC1.C1CCCC1.C1CCCCC1.C=CCC.C=CCC.C=CCC.C=CCC.C=CCC.C=CCC.C=CCC.C=CCC. The van der Waals surface area contributed by atoms with Crippen molar-refractivity contribution in [2.45, 2.75) is 312 Å². The summed E-state index contributed by atoms with van der Waals surface area (Å²) in [6.07, 6.45) is 88.7. The van der Waals surface area contributed by atoms with E-state index in [4.69, 9.17) is 0 Å². The number of hydrogen-bond donors (Lipinski definition) is 0. The lowest BCUT2D eigenvalue weighted by Gasteiger charge is -2.05. The molecule has 2 atom stereocenters. The normalized spacial score (nSPS) is 20.1. The standard InChI is InChI=1S/C7H12.C7H10.C6H12.C6H10.C5H10.C5H8.C4H8.C4H6.8C4H8/c2*1-2-7-4-3-6(1)5-7;2*1-2-4-6-5-3-1;2*1-2-4-5-3-1;2*1-2-4-3-1;8*1-3-4-2/h6-7H,1-5H2;1-2,6-7H,3-5H2;1-6H2;1-2H,3-6H2;1-5H2;1-2H,3-5H2;1-4H2;1-2H,3-4H2;8*3H,1,4H2,2H3. The molecule has 0 heteroatoms. The third-order valence-corrected chi connectivity index (χ3v) is 13.6. The molecule has 2 unspecified atom stereocenters. The van der Waals surface area contributed by atoms with Gasteiger partial charge >= 0.3 is 0 Å². The zero-order valence-electron chi connectivity index (χ0n) is 53.5. The Morgan fingerprint density at radius 2 is 0.421 bits per heavy atom. The summed E-state index contributed by atoms with van der Waals surface area (Å²) in [5, 5.41) is 0. The highest BCUT2D eigenvalue weighted by Crippen LogP contribution is 2.44. The van der Waals surface area contributed by atoms with E-state index in [9.17, 15) is 0 Å². The average molecular weight is 1050 g/mol. The Bertz CT molecular complexity index is 1050. The summed E-state index contributed by atoms with van der Waals surface area (Å²) in [5.74, 6) is 4.32. The number of rotatable bonds is 8. The number of fused-ring (bicyclic) bond motifs is 4. The minimum atomic E-state index is 0.991. The lowest BCUT2D eigenvalue weighted by molar-refractivity contribution is 0.480. The van der Waals surface area contributed by atoms with E-state index < -0.39 is 0 Å². The van der Waals surface area contributed by atoms with E-state index in [1.165, 1.54) is 185 Å². The lowest BCUT2D eigenvalue weighted by Crippen LogP contribution is -1.90. The van der Waals surface area contributed by atoms with Crippen LogP contribution in [0.1, 0.15) is 312 Å². The molecule has 10 rings (SSSR count). The predicted octanol–water partition coefficient (Wildman–Crippen LogP) is 27.9. The van der Waals surface area contributed by atoms with Crippen LogP contribution in [0.4, 0.5) is 0 Å². The van der Waals surface area contributed by atoms with E-state index in [-0.39, 0.29) is 0 Å². The van der Waals surface area contributed by atoms with Crippen LogP contribution in [0.2, 0.25) is 0 Å². The van der Waals surface area contributed by atoms with Crippen LogP contribution in [0.25, 0.3) is 0 Å². The van der Waals surface area contributed by atoms with E-state index in [1.807, 2.05) is 48.6 Å². The summed E-state index contributed by atoms with van der Waals surface area (Å²) < 4.78 is 0. The van der Waals surface area contributed by atoms with E-state index in [0.717, 1.165) is 63.2 Å². The number of hydrogen-bond acceptors (Lipinski definition) is 0. The fourth-order valence-electron chi connectivity index (χ4n) is 7.60. The van der Waals surface area contributed by atoms with Gasteiger partial charge in [-0.05, 0) is 159 Å². The molecule has 6 fully saturated rings. The molecule has 0 nitrogen and oxygen atoms in total. The van der Waals surface area contributed by atoms with Crippen molar-refractivity contribution < 1.29 is 0 Å². The van der Waals surface area contributed by atoms with E-state index in [1.54, 1.807) is 32.1 Å². The Morgan fingerprint density at radius 3 is 0.487 bits per heavy atom. The van der Waals surface area contributed by atoms with Gasteiger partial charge in [-0.25, -0.2) is 0 Å². The molecule has 0 aromatic carbocycles. The Kier molecular flexibility index (Phi) is 95.0. The van der Waals surface area contributed by atoms with Crippen molar-refractivity contribution in [1.29, 1.82) is 0 Å². The zero-order chi connectivity index (χ0) is 57.9. The lowest BCUT2D eigenvalue weighted by atomic mass is 10.0. The highest BCUT2D eigenvalue weighted by molar-refractivity contribution is 5.06. The summed E-state index contributed by atoms with van der Waals surface area (Å²) in [7, 11) is 0. The van der Waals surface area contributed by atoms with Crippen molar-refractivity contribution in [3.63, 3.8) is 0 Å². The third-order valence-electron chi connectivity index (χ3n) is 13.6. The molecule has 10 aliphatic rings. The monoisotopic (exact) mass is 1050 g/mol. The summed E-state index contributed by atoms with van der Waals surface area (Å²) in [6, 6.07) is 0. The van der Waals surface area contributed by atoms with Gasteiger partial charge in [0, 0.05) is 0 Å². The molecule has 0 saturated heterocycles. The smallest absolute Gasteiger partial charge is 0.0228 e. The summed E-state index contributed by atoms with van der Waals surface area (Å²) in [4.78, 5) is 0. The van der Waals surface area contributed by atoms with Gasteiger partial charge < -0.3 is 0 Å². The predicted molar refractivity (Wildman–Crippen MR) is 362 cm³/mol. The minimum absolute atomic E-state index is 0.991. The largest absolute Gasteiger partial charge is 0.103 e. The number of allylic oxidation sites excluding steroid dienone is 16. The quantitative estimate of drug-likeness (QED) is 0.213. The van der Waals surface area contributed by atoms with Gasteiger partial charge in [0.15, 0.2) is 0 Å². The van der Waals surface area contributed by atoms with E-state index >= 15 is 0 Å². The maximum Gasteiger partial charge on any atom is -0.0228 e. The molecule has 444 valence electrons. The first-order valence-electron chi connectivity index (χ1n) is 32.7. The second-order valence-electron chi connectivity index (χ2n) is 20.9. The zero-order valence-corrected chi connectivity index (χ0v) is 53.5. The maximum atomic E-state index is 3.48. The molecular weight excluding hydrogens is 913 g/mol. The van der Waals surface area contributed by atoms with Crippen molar-refractivity contribution in [3.8, 4) is 0 Å². The fraction of sp³-hybridized carbons (Fsp3) is 0.684. The molecule has 0 N–H and O–H groups in total. The Balaban J connectivity index is -0.000000173. The van der Waals surface area contributed by atoms with Crippen LogP contribution >= 0.6 is 0 Å². The minimum Gasteiger partial charge on any atom is -0.103 e. The molecule has 76 heavy (non-hydrogen) atoms. The van der Waals surface area contributed by atoms with Crippen LogP contribution < -0.4 is 0 Å². The topological polar surface area (TPSA) is 0 Å². The highest BCUT2D eigenvalue weighted by Gasteiger charge is 2.30. The van der Waals surface area contributed by atoms with E-state index in [0.29, 0.717) is 0 Å². The highest BCUT2D eigenvalue weighted by atomic mass is 14.4. The molecule has 0 amide bonds. The van der Waals surface area contributed by atoms with Crippen LogP contribution in [0.5, 0.6) is 0 Å². The van der Waals surface area contributed by atoms with E-state index in [2.05, 4.69) is 157 Å². The first kappa shape index (κ1) is 84.2.